The lowest BCUT2D eigenvalue weighted by Gasteiger charge is -1.36. The Morgan fingerprint density at radius 2 is 1.44 bits per heavy atom. The molecule has 0 saturated heterocycles. The van der Waals surface area contributed by atoms with Crippen LogP contribution < -0.4 is 5.34 Å². The first-order chi connectivity index (χ1) is 3.41. The summed E-state index contributed by atoms with van der Waals surface area (Å²) in [4.78, 5) is 15.6. The molecule has 0 aromatic carbocycles. The summed E-state index contributed by atoms with van der Waals surface area (Å²) in [6.07, 6.45) is 0. The van der Waals surface area contributed by atoms with E-state index in [-0.39, 0.29) is 24.3 Å². The largest absolute Gasteiger partial charge is 0.267 e. The minimum atomic E-state index is 0. The topological polar surface area (TPSA) is 149 Å². The molecule has 0 spiro atoms. The van der Waals surface area contributed by atoms with Gasteiger partial charge < -0.3 is 0 Å². The van der Waals surface area contributed by atoms with Crippen LogP contribution >= 0.6 is 13.5 Å². The molecule has 0 atom stereocenters. The second kappa shape index (κ2) is 5720. The van der Waals surface area contributed by atoms with Crippen molar-refractivity contribution in [2.45, 2.75) is 0 Å². The minimum absolute atomic E-state index is 0. The molecule has 0 aromatic rings. The highest BCUT2D eigenvalue weighted by Crippen LogP contribution is 0.766. The van der Waals surface area contributed by atoms with Crippen molar-refractivity contribution >= 4 is 13.5 Å². The van der Waals surface area contributed by atoms with Crippen molar-refractivity contribution in [1.29, 1.82) is 10.9 Å². The van der Waals surface area contributed by atoms with Crippen LogP contribution in [0.15, 0.2) is 0 Å². The van der Waals surface area contributed by atoms with Crippen LogP contribution in [-0.2, 0) is 0 Å². The minimum Gasteiger partial charge on any atom is -0.267 e. The van der Waals surface area contributed by atoms with Gasteiger partial charge in [-0.25, -0.2) is 5.26 Å². The molecule has 0 bridgehead atoms. The Morgan fingerprint density at radius 3 is 1.44 bits per heavy atom. The second-order valence-corrected chi connectivity index (χ2v) is 0.0833. The van der Waals surface area contributed by atoms with Crippen LogP contribution in [0.3, 0.4) is 0 Å². The molecule has 8 heteroatoms. The fourth-order valence-corrected chi connectivity index (χ4v) is 0. The van der Waals surface area contributed by atoms with E-state index in [1.54, 1.807) is 0 Å². The maximum absolute atomic E-state index is 8.12. The fraction of sp³-hybridized carbons (Fsp3) is 0. The Kier molecular flexibility index (Phi) is 29200. The predicted octanol–water partition coefficient (Wildman–Crippen LogP) is -1.26. The van der Waals surface area contributed by atoms with Crippen LogP contribution in [0.2, 0.25) is 0 Å². The highest BCUT2D eigenvalue weighted by molar-refractivity contribution is 7.59. The number of hydrogen-bond donors (Lipinski definition) is 3. The van der Waals surface area contributed by atoms with Crippen LogP contribution in [0, 0.1) is 32.4 Å². The van der Waals surface area contributed by atoms with Crippen molar-refractivity contribution in [1.82, 2.24) is 0 Å². The van der Waals surface area contributed by atoms with Crippen molar-refractivity contribution < 1.29 is 10.8 Å². The Balaban J connectivity index is -0.00000000825. The molecule has 0 aliphatic rings. The summed E-state index contributed by atoms with van der Waals surface area (Å²) in [5, 5.41) is 14.9. The van der Waals surface area contributed by atoms with Gasteiger partial charge in [-0.2, -0.15) is 18.4 Å². The normalized spacial score (nSPS) is 2.00. The fourth-order valence-electron chi connectivity index (χ4n) is 0. The molecule has 0 aliphatic carbocycles. The summed E-state index contributed by atoms with van der Waals surface area (Å²) < 4.78 is 0. The van der Waals surface area contributed by atoms with E-state index >= 15 is 0 Å². The van der Waals surface area contributed by atoms with Crippen LogP contribution in [0.4, 0.5) is 0 Å². The van der Waals surface area contributed by atoms with Gasteiger partial charge in [0.2, 0.25) is 0 Å². The van der Waals surface area contributed by atoms with Crippen LogP contribution in [0.25, 0.3) is 0 Å². The molecule has 0 unspecified atom stereocenters. The SMILES string of the molecule is C#N.N=O.O=[NH+][O-].S.[OH]. The Labute approximate surface area is 57.7 Å². The molecular weight excluding hydrogens is 150 g/mol. The van der Waals surface area contributed by atoms with Gasteiger partial charge in [-0.3, -0.25) is 15.6 Å². The highest BCUT2D eigenvalue weighted by atomic mass is 32.1. The van der Waals surface area contributed by atoms with Crippen molar-refractivity contribution in [2.75, 3.05) is 0 Å². The summed E-state index contributed by atoms with van der Waals surface area (Å²) in [6, 6.07) is 0. The van der Waals surface area contributed by atoms with Gasteiger partial charge in [0.05, 0.1) is 0 Å². The zero-order valence-electron chi connectivity index (χ0n) is 4.20. The Bertz CT molecular complexity index is 48.3. The van der Waals surface area contributed by atoms with E-state index in [0.29, 0.717) is 0 Å². The molecular formula is CH6N3O4S. The monoisotopic (exact) mass is 156 g/mol. The maximum Gasteiger partial charge on any atom is 0.0462 e. The molecule has 0 fully saturated rings. The molecule has 55 valence electrons. The first kappa shape index (κ1) is 46.0. The van der Waals surface area contributed by atoms with E-state index < -0.39 is 0 Å². The van der Waals surface area contributed by atoms with Gasteiger partial charge in [-0.05, 0) is 0 Å². The van der Waals surface area contributed by atoms with E-state index in [9.17, 15) is 0 Å². The van der Waals surface area contributed by atoms with Crippen molar-refractivity contribution in [3.05, 3.63) is 15.0 Å². The van der Waals surface area contributed by atoms with Gasteiger partial charge in [-0.15, -0.1) is 0 Å². The van der Waals surface area contributed by atoms with E-state index in [1.807, 2.05) is 0 Å². The summed E-state index contributed by atoms with van der Waals surface area (Å²) in [5.74, 6) is 0. The third kappa shape index (κ3) is 109. The van der Waals surface area contributed by atoms with Crippen molar-refractivity contribution in [3.8, 4) is 6.57 Å². The number of nitroso groups, excluding NO2 is 1. The molecule has 0 rings (SSSR count). The van der Waals surface area contributed by atoms with Gasteiger partial charge in [0, 0.05) is 11.9 Å². The first-order valence-electron chi connectivity index (χ1n) is 0.871. The molecule has 0 amide bonds. The summed E-state index contributed by atoms with van der Waals surface area (Å²) in [7, 11) is 0. The molecule has 9 heavy (non-hydrogen) atoms. The van der Waals surface area contributed by atoms with E-state index in [0.717, 1.165) is 0 Å². The predicted molar refractivity (Wildman–Crippen MR) is 32.8 cm³/mol. The van der Waals surface area contributed by atoms with Crippen molar-refractivity contribution in [3.63, 3.8) is 0 Å². The number of nitriles is 1. The zero-order chi connectivity index (χ0) is 6.71. The average molecular weight is 156 g/mol. The highest BCUT2D eigenvalue weighted by Gasteiger charge is 1.10. The quantitative estimate of drug-likeness (QED) is 0.228. The molecule has 7 nitrogen and oxygen atoms in total. The third-order valence-corrected chi connectivity index (χ3v) is 0. The third-order valence-electron chi connectivity index (χ3n) is 0. The Morgan fingerprint density at radius 1 is 1.44 bits per heavy atom. The zero-order valence-corrected chi connectivity index (χ0v) is 5.20. The molecule has 0 saturated carbocycles. The van der Waals surface area contributed by atoms with Crippen LogP contribution in [-0.4, -0.2) is 5.48 Å². The summed E-state index contributed by atoms with van der Waals surface area (Å²) in [5.41, 5.74) is 4.50. The lowest BCUT2D eigenvalue weighted by molar-refractivity contribution is -0.398. The van der Waals surface area contributed by atoms with Gasteiger partial charge in [0.1, 0.15) is 0 Å². The average Bonchev–Trinajstić information content (AvgIpc) is 1.78. The summed E-state index contributed by atoms with van der Waals surface area (Å²) >= 11 is 0. The number of hydrogen-bond acceptors (Lipinski definition) is 5. The standard InChI is InChI=1S/CHN.HNO2.HNO.HO.H2S/c1-2;2-1-3;1-2;;/h1H;1H;1H;1H;1H2. The van der Waals surface area contributed by atoms with E-state index in [1.165, 1.54) is 0 Å². The van der Waals surface area contributed by atoms with Gasteiger partial charge in [0.25, 0.3) is 0 Å². The number of nitrogens with zero attached hydrogens (tertiary/aromatic N) is 1. The lowest BCUT2D eigenvalue weighted by Crippen LogP contribution is -2.53. The first-order valence-corrected chi connectivity index (χ1v) is 0.871. The van der Waals surface area contributed by atoms with Crippen LogP contribution in [0.1, 0.15) is 0 Å². The van der Waals surface area contributed by atoms with Gasteiger partial charge in [0.15, 0.2) is 0 Å². The molecule has 0 aromatic heterocycles. The molecule has 3 N–H and O–H groups in total. The lowest BCUT2D eigenvalue weighted by atomic mass is 11.9. The molecule has 0 heterocycles. The smallest absolute Gasteiger partial charge is 0.0462 e. The number of nitrogens with one attached hydrogen (secondary N) is 2. The summed E-state index contributed by atoms with van der Waals surface area (Å²) in [6.45, 7) is 3.50. The maximum atomic E-state index is 8.12. The van der Waals surface area contributed by atoms with Crippen LogP contribution in [0.5, 0.6) is 0 Å². The molecule has 1 radical (unpaired) electrons. The van der Waals surface area contributed by atoms with Gasteiger partial charge >= 0.3 is 0 Å². The second-order valence-electron chi connectivity index (χ2n) is 0.0833. The number of rotatable bonds is 0. The molecule has 0 aliphatic heterocycles. The van der Waals surface area contributed by atoms with Gasteiger partial charge in [-0.1, -0.05) is 5.59 Å². The van der Waals surface area contributed by atoms with Crippen molar-refractivity contribution in [2.24, 2.45) is 0 Å². The van der Waals surface area contributed by atoms with E-state index in [2.05, 4.69) is 12.2 Å². The Hall–Kier alpha value is -1.20. The van der Waals surface area contributed by atoms with E-state index in [4.69, 9.17) is 20.3 Å².